The summed E-state index contributed by atoms with van der Waals surface area (Å²) in [6, 6.07) is 11.2. The molecule has 0 aliphatic carbocycles. The Morgan fingerprint density at radius 1 is 1.22 bits per heavy atom. The lowest BCUT2D eigenvalue weighted by atomic mass is 10.0. The minimum atomic E-state index is -0.153. The Hall–Kier alpha value is -1.75. The number of anilines is 2. The first-order valence-electron chi connectivity index (χ1n) is 9.20. The van der Waals surface area contributed by atoms with Gasteiger partial charge in [0, 0.05) is 24.8 Å². The average Bonchev–Trinajstić information content (AvgIpc) is 3.14. The smallest absolute Gasteiger partial charge is 0.224 e. The van der Waals surface area contributed by atoms with Crippen LogP contribution < -0.4 is 10.6 Å². The molecule has 2 N–H and O–H groups in total. The second kappa shape index (κ2) is 8.51. The highest BCUT2D eigenvalue weighted by atomic mass is 35.5. The number of nitrogens with zero attached hydrogens (tertiary/aromatic N) is 2. The Morgan fingerprint density at radius 2 is 1.93 bits per heavy atom. The Labute approximate surface area is 170 Å². The highest BCUT2D eigenvalue weighted by Crippen LogP contribution is 2.37. The lowest BCUT2D eigenvalue weighted by Gasteiger charge is -2.35. The summed E-state index contributed by atoms with van der Waals surface area (Å²) >= 11 is 12.5. The number of hydrogen-bond donors (Lipinski definition) is 1. The number of carbonyl (C=O) groups excluding carboxylic acids is 1. The van der Waals surface area contributed by atoms with Crippen molar-refractivity contribution in [2.75, 3.05) is 30.3 Å². The van der Waals surface area contributed by atoms with Crippen LogP contribution in [0.3, 0.4) is 0 Å². The number of halogens is 2. The molecule has 1 amide bonds. The highest BCUT2D eigenvalue weighted by molar-refractivity contribution is 6.42. The van der Waals surface area contributed by atoms with Crippen LogP contribution in [0.1, 0.15) is 36.9 Å². The molecule has 1 heterocycles. The van der Waals surface area contributed by atoms with Gasteiger partial charge in [0.25, 0.3) is 0 Å². The van der Waals surface area contributed by atoms with Gasteiger partial charge in [0.2, 0.25) is 5.91 Å². The van der Waals surface area contributed by atoms with Crippen LogP contribution in [0.2, 0.25) is 10.0 Å². The molecule has 6 heteroatoms. The predicted molar refractivity (Wildman–Crippen MR) is 114 cm³/mol. The molecule has 1 atom stereocenters. The van der Waals surface area contributed by atoms with Crippen LogP contribution >= 0.6 is 23.2 Å². The summed E-state index contributed by atoms with van der Waals surface area (Å²) in [5.74, 6) is -0.0388. The van der Waals surface area contributed by atoms with E-state index in [2.05, 4.69) is 4.90 Å². The normalized spacial score (nSPS) is 15.7. The lowest BCUT2D eigenvalue weighted by Crippen LogP contribution is -2.40. The quantitative estimate of drug-likeness (QED) is 0.705. The van der Waals surface area contributed by atoms with Gasteiger partial charge in [-0.1, -0.05) is 35.3 Å². The van der Waals surface area contributed by atoms with E-state index >= 15 is 0 Å². The fourth-order valence-corrected chi connectivity index (χ4v) is 4.14. The fraction of sp³-hybridized carbons (Fsp3) is 0.381. The Balaban J connectivity index is 2.08. The molecule has 1 fully saturated rings. The van der Waals surface area contributed by atoms with Crippen LogP contribution in [0.5, 0.6) is 0 Å². The van der Waals surface area contributed by atoms with Gasteiger partial charge in [-0.3, -0.25) is 4.79 Å². The van der Waals surface area contributed by atoms with Gasteiger partial charge in [0.15, 0.2) is 0 Å². The van der Waals surface area contributed by atoms with Gasteiger partial charge in [-0.25, -0.2) is 0 Å². The molecular formula is C21H25Cl2N3O. The molecule has 2 aromatic carbocycles. The van der Waals surface area contributed by atoms with Crippen LogP contribution in [-0.4, -0.2) is 30.4 Å². The van der Waals surface area contributed by atoms with Gasteiger partial charge in [-0.05, 0) is 68.2 Å². The van der Waals surface area contributed by atoms with Gasteiger partial charge < -0.3 is 15.5 Å². The van der Waals surface area contributed by atoms with Crippen LogP contribution in [0.15, 0.2) is 36.4 Å². The first-order valence-corrected chi connectivity index (χ1v) is 9.96. The SMILES string of the molecule is CC(=O)N(c1ccc(Cl)c(Cl)c1C)C(CN1CCCC1)c1cccc(N)c1. The van der Waals surface area contributed by atoms with Gasteiger partial charge in [-0.2, -0.15) is 0 Å². The molecule has 1 aliphatic heterocycles. The standard InChI is InChI=1S/C21H25Cl2N3O/c1-14-19(9-8-18(22)21(14)23)26(15(2)27)20(13-25-10-3-4-11-25)16-6-5-7-17(24)12-16/h5-9,12,20H,3-4,10-11,13,24H2,1-2H3. The number of nitrogen functional groups attached to an aromatic ring is 1. The molecule has 27 heavy (non-hydrogen) atoms. The van der Waals surface area contributed by atoms with Crippen molar-refractivity contribution in [3.8, 4) is 0 Å². The summed E-state index contributed by atoms with van der Waals surface area (Å²) in [6.07, 6.45) is 2.38. The fourth-order valence-electron chi connectivity index (χ4n) is 3.77. The Morgan fingerprint density at radius 3 is 2.56 bits per heavy atom. The monoisotopic (exact) mass is 405 g/mol. The molecular weight excluding hydrogens is 381 g/mol. The van der Waals surface area contributed by atoms with Crippen molar-refractivity contribution >= 4 is 40.5 Å². The first kappa shape index (κ1) is 20.0. The zero-order valence-corrected chi connectivity index (χ0v) is 17.2. The first-order chi connectivity index (χ1) is 12.9. The van der Waals surface area contributed by atoms with Gasteiger partial charge in [0.1, 0.15) is 0 Å². The van der Waals surface area contributed by atoms with Crippen LogP contribution in [0.4, 0.5) is 11.4 Å². The lowest BCUT2D eigenvalue weighted by molar-refractivity contribution is -0.117. The molecule has 4 nitrogen and oxygen atoms in total. The molecule has 1 unspecified atom stereocenters. The highest BCUT2D eigenvalue weighted by Gasteiger charge is 2.29. The van der Waals surface area contributed by atoms with Gasteiger partial charge in [-0.15, -0.1) is 0 Å². The molecule has 0 bridgehead atoms. The predicted octanol–water partition coefficient (Wildman–Crippen LogP) is 5.07. The second-order valence-corrected chi connectivity index (χ2v) is 7.87. The minimum Gasteiger partial charge on any atom is -0.399 e. The van der Waals surface area contributed by atoms with Crippen LogP contribution in [-0.2, 0) is 4.79 Å². The summed E-state index contributed by atoms with van der Waals surface area (Å²) < 4.78 is 0. The van der Waals surface area contributed by atoms with Crippen molar-refractivity contribution < 1.29 is 4.79 Å². The maximum atomic E-state index is 12.8. The molecule has 3 rings (SSSR count). The van der Waals surface area contributed by atoms with Gasteiger partial charge in [0.05, 0.1) is 16.1 Å². The van der Waals surface area contributed by atoms with Crippen molar-refractivity contribution in [2.24, 2.45) is 0 Å². The van der Waals surface area contributed by atoms with Crippen molar-refractivity contribution in [3.05, 3.63) is 57.6 Å². The summed E-state index contributed by atoms with van der Waals surface area (Å²) in [5, 5.41) is 0.967. The van der Waals surface area contributed by atoms with E-state index in [-0.39, 0.29) is 11.9 Å². The van der Waals surface area contributed by atoms with Crippen molar-refractivity contribution in [2.45, 2.75) is 32.7 Å². The van der Waals surface area contributed by atoms with Crippen molar-refractivity contribution in [3.63, 3.8) is 0 Å². The molecule has 0 spiro atoms. The number of carbonyl (C=O) groups is 1. The zero-order chi connectivity index (χ0) is 19.6. The second-order valence-electron chi connectivity index (χ2n) is 7.09. The number of hydrogen-bond acceptors (Lipinski definition) is 3. The maximum Gasteiger partial charge on any atom is 0.224 e. The van der Waals surface area contributed by atoms with Crippen LogP contribution in [0, 0.1) is 6.92 Å². The maximum absolute atomic E-state index is 12.8. The Bertz CT molecular complexity index is 834. The number of likely N-dealkylation sites (tertiary alicyclic amines) is 1. The summed E-state index contributed by atoms with van der Waals surface area (Å²) in [5.41, 5.74) is 9.32. The molecule has 144 valence electrons. The van der Waals surface area contributed by atoms with E-state index in [1.54, 1.807) is 13.0 Å². The number of benzene rings is 2. The third kappa shape index (κ3) is 4.40. The van der Waals surface area contributed by atoms with E-state index in [4.69, 9.17) is 28.9 Å². The molecule has 1 aliphatic rings. The van der Waals surface area contributed by atoms with E-state index in [1.165, 1.54) is 12.8 Å². The van der Waals surface area contributed by atoms with E-state index in [0.717, 1.165) is 36.4 Å². The summed E-state index contributed by atoms with van der Waals surface area (Å²) in [4.78, 5) is 17.0. The van der Waals surface area contributed by atoms with Crippen molar-refractivity contribution in [1.82, 2.24) is 4.90 Å². The third-order valence-electron chi connectivity index (χ3n) is 5.15. The van der Waals surface area contributed by atoms with Crippen LogP contribution in [0.25, 0.3) is 0 Å². The largest absolute Gasteiger partial charge is 0.399 e. The van der Waals surface area contributed by atoms with Crippen molar-refractivity contribution in [1.29, 1.82) is 0 Å². The number of nitrogens with two attached hydrogens (primary N) is 1. The van der Waals surface area contributed by atoms with E-state index in [9.17, 15) is 4.79 Å². The molecule has 0 aromatic heterocycles. The minimum absolute atomic E-state index is 0.0388. The molecule has 2 aromatic rings. The zero-order valence-electron chi connectivity index (χ0n) is 15.7. The third-order valence-corrected chi connectivity index (χ3v) is 6.05. The summed E-state index contributed by atoms with van der Waals surface area (Å²) in [7, 11) is 0. The van der Waals surface area contributed by atoms with E-state index < -0.39 is 0 Å². The summed E-state index contributed by atoms with van der Waals surface area (Å²) in [6.45, 7) is 6.33. The average molecular weight is 406 g/mol. The van der Waals surface area contributed by atoms with E-state index in [1.807, 2.05) is 42.2 Å². The van der Waals surface area contributed by atoms with E-state index in [0.29, 0.717) is 15.7 Å². The number of amides is 1. The topological polar surface area (TPSA) is 49.6 Å². The Kier molecular flexibility index (Phi) is 6.30. The molecule has 0 saturated carbocycles. The van der Waals surface area contributed by atoms with Gasteiger partial charge >= 0.3 is 0 Å². The molecule has 1 saturated heterocycles. The number of rotatable bonds is 5. The molecule has 0 radical (unpaired) electrons.